The standard InChI is InChI=1S/C20H15Cl2NO6/c1-27-13-3-5-14-11(6-18(24)29-17(14)8-13)10-28-19(25)9-23-20(26)15-4-2-12(21)7-16(15)22/h2-8H,9-10H2,1H3,(H,23,26). The summed E-state index contributed by atoms with van der Waals surface area (Å²) in [6.45, 7) is -0.532. The number of methoxy groups -OCH3 is 1. The van der Waals surface area contributed by atoms with E-state index < -0.39 is 17.5 Å². The van der Waals surface area contributed by atoms with Crippen LogP contribution in [-0.2, 0) is 16.1 Å². The number of amides is 1. The van der Waals surface area contributed by atoms with E-state index >= 15 is 0 Å². The van der Waals surface area contributed by atoms with Gasteiger partial charge in [0.2, 0.25) is 0 Å². The third-order valence-electron chi connectivity index (χ3n) is 4.00. The average molecular weight is 436 g/mol. The summed E-state index contributed by atoms with van der Waals surface area (Å²) in [5.41, 5.74) is 0.389. The topological polar surface area (TPSA) is 94.8 Å². The van der Waals surface area contributed by atoms with Gasteiger partial charge in [0.05, 0.1) is 17.7 Å². The van der Waals surface area contributed by atoms with Crippen LogP contribution in [0.5, 0.6) is 5.75 Å². The van der Waals surface area contributed by atoms with E-state index in [-0.39, 0.29) is 23.7 Å². The van der Waals surface area contributed by atoms with Gasteiger partial charge in [-0.25, -0.2) is 4.79 Å². The highest BCUT2D eigenvalue weighted by Crippen LogP contribution is 2.23. The molecule has 3 rings (SSSR count). The van der Waals surface area contributed by atoms with Crippen LogP contribution >= 0.6 is 23.2 Å². The second-order valence-electron chi connectivity index (χ2n) is 5.92. The molecular formula is C20H15Cl2NO6. The van der Waals surface area contributed by atoms with Crippen LogP contribution in [0.2, 0.25) is 10.0 Å². The first-order valence-electron chi connectivity index (χ1n) is 8.37. The predicted molar refractivity (Wildman–Crippen MR) is 108 cm³/mol. The second-order valence-corrected chi connectivity index (χ2v) is 6.76. The number of esters is 1. The highest BCUT2D eigenvalue weighted by Gasteiger charge is 2.14. The quantitative estimate of drug-likeness (QED) is 0.469. The monoisotopic (exact) mass is 435 g/mol. The van der Waals surface area contributed by atoms with Crippen molar-refractivity contribution in [3.05, 3.63) is 74.1 Å². The lowest BCUT2D eigenvalue weighted by atomic mass is 10.1. The summed E-state index contributed by atoms with van der Waals surface area (Å²) >= 11 is 11.8. The van der Waals surface area contributed by atoms with Gasteiger partial charge in [0.1, 0.15) is 24.5 Å². The Labute approximate surface area is 175 Å². The van der Waals surface area contributed by atoms with Crippen molar-refractivity contribution in [3.8, 4) is 5.75 Å². The number of carbonyl (C=O) groups excluding carboxylic acids is 2. The van der Waals surface area contributed by atoms with Gasteiger partial charge < -0.3 is 19.2 Å². The summed E-state index contributed by atoms with van der Waals surface area (Å²) < 4.78 is 15.4. The Morgan fingerprint density at radius 1 is 1.10 bits per heavy atom. The Morgan fingerprint density at radius 2 is 1.90 bits per heavy atom. The number of nitrogens with one attached hydrogen (secondary N) is 1. The van der Waals surface area contributed by atoms with Crippen molar-refractivity contribution in [3.63, 3.8) is 0 Å². The van der Waals surface area contributed by atoms with Gasteiger partial charge in [0, 0.05) is 28.1 Å². The lowest BCUT2D eigenvalue weighted by molar-refractivity contribution is -0.143. The van der Waals surface area contributed by atoms with Crippen LogP contribution in [0, 0.1) is 0 Å². The molecule has 9 heteroatoms. The lowest BCUT2D eigenvalue weighted by Gasteiger charge is -2.09. The number of benzene rings is 2. The minimum Gasteiger partial charge on any atom is -0.497 e. The minimum atomic E-state index is -0.682. The molecule has 0 aliphatic carbocycles. The average Bonchev–Trinajstić information content (AvgIpc) is 2.69. The molecule has 0 aliphatic rings. The Kier molecular flexibility index (Phi) is 6.41. The van der Waals surface area contributed by atoms with Crippen LogP contribution in [0.25, 0.3) is 11.0 Å². The first kappa shape index (κ1) is 20.7. The molecule has 150 valence electrons. The predicted octanol–water partition coefficient (Wildman–Crippen LogP) is 3.58. The van der Waals surface area contributed by atoms with Crippen LogP contribution in [0.15, 0.2) is 51.7 Å². The van der Waals surface area contributed by atoms with Gasteiger partial charge in [-0.2, -0.15) is 0 Å². The molecule has 3 aromatic rings. The molecule has 29 heavy (non-hydrogen) atoms. The van der Waals surface area contributed by atoms with E-state index in [2.05, 4.69) is 5.32 Å². The van der Waals surface area contributed by atoms with Crippen molar-refractivity contribution < 1.29 is 23.5 Å². The van der Waals surface area contributed by atoms with Crippen molar-refractivity contribution in [2.24, 2.45) is 0 Å². The van der Waals surface area contributed by atoms with Gasteiger partial charge in [-0.15, -0.1) is 0 Å². The first-order chi connectivity index (χ1) is 13.9. The van der Waals surface area contributed by atoms with Crippen LogP contribution in [0.3, 0.4) is 0 Å². The highest BCUT2D eigenvalue weighted by molar-refractivity contribution is 6.36. The number of fused-ring (bicyclic) bond motifs is 1. The molecular weight excluding hydrogens is 421 g/mol. The van der Waals surface area contributed by atoms with Crippen LogP contribution < -0.4 is 15.7 Å². The molecule has 2 aromatic carbocycles. The minimum absolute atomic E-state index is 0.162. The van der Waals surface area contributed by atoms with E-state index in [1.165, 1.54) is 31.4 Å². The van der Waals surface area contributed by atoms with Gasteiger partial charge in [-0.05, 0) is 30.3 Å². The Hall–Kier alpha value is -3.03. The molecule has 0 fully saturated rings. The summed E-state index contributed by atoms with van der Waals surface area (Å²) in [6, 6.07) is 10.6. The fourth-order valence-corrected chi connectivity index (χ4v) is 3.08. The van der Waals surface area contributed by atoms with Gasteiger partial charge in [-0.1, -0.05) is 23.2 Å². The summed E-state index contributed by atoms with van der Waals surface area (Å²) in [5, 5.41) is 3.59. The maximum absolute atomic E-state index is 12.1. The molecule has 0 saturated heterocycles. The highest BCUT2D eigenvalue weighted by atomic mass is 35.5. The molecule has 1 heterocycles. The maximum Gasteiger partial charge on any atom is 0.336 e. The van der Waals surface area contributed by atoms with E-state index in [1.807, 2.05) is 0 Å². The molecule has 0 spiro atoms. The Bertz CT molecular complexity index is 1140. The van der Waals surface area contributed by atoms with E-state index in [1.54, 1.807) is 18.2 Å². The van der Waals surface area contributed by atoms with E-state index in [0.717, 1.165) is 0 Å². The number of carbonyl (C=O) groups is 2. The Morgan fingerprint density at radius 3 is 2.62 bits per heavy atom. The summed E-state index contributed by atoms with van der Waals surface area (Å²) in [5.74, 6) is -0.696. The van der Waals surface area contributed by atoms with Crippen LogP contribution in [0.4, 0.5) is 0 Å². The van der Waals surface area contributed by atoms with Crippen LogP contribution in [0.1, 0.15) is 15.9 Å². The molecule has 0 radical (unpaired) electrons. The van der Waals surface area contributed by atoms with E-state index in [0.29, 0.717) is 27.3 Å². The molecule has 0 saturated carbocycles. The molecule has 0 aliphatic heterocycles. The van der Waals surface area contributed by atoms with Crippen molar-refractivity contribution in [1.82, 2.24) is 5.32 Å². The fraction of sp³-hybridized carbons (Fsp3) is 0.150. The van der Waals surface area contributed by atoms with E-state index in [4.69, 9.17) is 37.1 Å². The van der Waals surface area contributed by atoms with Crippen molar-refractivity contribution >= 4 is 46.0 Å². The fourth-order valence-electron chi connectivity index (χ4n) is 2.59. The van der Waals surface area contributed by atoms with Gasteiger partial charge in [0.15, 0.2) is 0 Å². The molecule has 1 N–H and O–H groups in total. The normalized spacial score (nSPS) is 10.6. The third kappa shape index (κ3) is 5.07. The number of rotatable bonds is 6. The number of hydrogen-bond donors (Lipinski definition) is 1. The number of halogens is 2. The van der Waals surface area contributed by atoms with Crippen molar-refractivity contribution in [2.75, 3.05) is 13.7 Å². The molecule has 1 aromatic heterocycles. The van der Waals surface area contributed by atoms with Crippen molar-refractivity contribution in [1.29, 1.82) is 0 Å². The largest absolute Gasteiger partial charge is 0.497 e. The second kappa shape index (κ2) is 8.98. The number of ether oxygens (including phenoxy) is 2. The molecule has 7 nitrogen and oxygen atoms in total. The smallest absolute Gasteiger partial charge is 0.336 e. The number of hydrogen-bond acceptors (Lipinski definition) is 6. The lowest BCUT2D eigenvalue weighted by Crippen LogP contribution is -2.30. The molecule has 0 unspecified atom stereocenters. The zero-order valence-corrected chi connectivity index (χ0v) is 16.7. The zero-order valence-electron chi connectivity index (χ0n) is 15.2. The SMILES string of the molecule is COc1ccc2c(COC(=O)CNC(=O)c3ccc(Cl)cc3Cl)cc(=O)oc2c1. The third-order valence-corrected chi connectivity index (χ3v) is 4.54. The summed E-state index contributed by atoms with van der Waals surface area (Å²) in [4.78, 5) is 35.9. The maximum atomic E-state index is 12.1. The van der Waals surface area contributed by atoms with Crippen LogP contribution in [-0.4, -0.2) is 25.5 Å². The first-order valence-corrected chi connectivity index (χ1v) is 9.12. The van der Waals surface area contributed by atoms with E-state index in [9.17, 15) is 14.4 Å². The van der Waals surface area contributed by atoms with Gasteiger partial charge in [-0.3, -0.25) is 9.59 Å². The summed E-state index contributed by atoms with van der Waals surface area (Å²) in [6.07, 6.45) is 0. The zero-order chi connectivity index (χ0) is 21.0. The summed E-state index contributed by atoms with van der Waals surface area (Å²) in [7, 11) is 1.50. The van der Waals surface area contributed by atoms with Crippen molar-refractivity contribution in [2.45, 2.75) is 6.61 Å². The van der Waals surface area contributed by atoms with Gasteiger partial charge in [0.25, 0.3) is 5.91 Å². The molecule has 0 atom stereocenters. The Balaban J connectivity index is 1.63. The van der Waals surface area contributed by atoms with Gasteiger partial charge >= 0.3 is 11.6 Å². The molecule has 0 bridgehead atoms. The molecule has 1 amide bonds.